The molecular formula is C15H24F2N2. The van der Waals surface area contributed by atoms with E-state index in [1.54, 1.807) is 0 Å². The monoisotopic (exact) mass is 270 g/mol. The molecule has 0 spiro atoms. The van der Waals surface area contributed by atoms with Crippen LogP contribution in [-0.2, 0) is 6.54 Å². The van der Waals surface area contributed by atoms with Gasteiger partial charge in [-0.05, 0) is 44.6 Å². The first-order valence-corrected chi connectivity index (χ1v) is 6.70. The molecule has 0 aliphatic rings. The molecule has 0 radical (unpaired) electrons. The van der Waals surface area contributed by atoms with Gasteiger partial charge in [-0.1, -0.05) is 13.8 Å². The molecule has 0 saturated heterocycles. The average molecular weight is 270 g/mol. The Balaban J connectivity index is 2.61. The third kappa shape index (κ3) is 6.12. The van der Waals surface area contributed by atoms with Gasteiger partial charge in [-0.25, -0.2) is 8.78 Å². The highest BCUT2D eigenvalue weighted by Crippen LogP contribution is 2.11. The fourth-order valence-corrected chi connectivity index (χ4v) is 2.17. The van der Waals surface area contributed by atoms with Gasteiger partial charge < -0.3 is 10.2 Å². The highest BCUT2D eigenvalue weighted by Gasteiger charge is 2.13. The summed E-state index contributed by atoms with van der Waals surface area (Å²) in [7, 11) is 4.02. The van der Waals surface area contributed by atoms with Gasteiger partial charge in [0.2, 0.25) is 0 Å². The number of halogens is 2. The van der Waals surface area contributed by atoms with Crippen molar-refractivity contribution in [3.63, 3.8) is 0 Å². The second-order valence-corrected chi connectivity index (χ2v) is 5.71. The highest BCUT2D eigenvalue weighted by atomic mass is 19.1. The van der Waals surface area contributed by atoms with E-state index in [0.29, 0.717) is 18.0 Å². The van der Waals surface area contributed by atoms with Crippen LogP contribution in [-0.4, -0.2) is 31.6 Å². The zero-order chi connectivity index (χ0) is 14.4. The maximum atomic E-state index is 13.5. The minimum absolute atomic E-state index is 0.276. The van der Waals surface area contributed by atoms with Crippen molar-refractivity contribution in [2.45, 2.75) is 32.9 Å². The van der Waals surface area contributed by atoms with Crippen LogP contribution in [0.1, 0.15) is 25.8 Å². The molecule has 19 heavy (non-hydrogen) atoms. The lowest BCUT2D eigenvalue weighted by Gasteiger charge is -2.24. The number of likely N-dealkylation sites (N-methyl/N-ethyl adjacent to an activating group) is 1. The molecule has 1 unspecified atom stereocenters. The van der Waals surface area contributed by atoms with E-state index in [4.69, 9.17) is 0 Å². The van der Waals surface area contributed by atoms with Crippen LogP contribution in [0.3, 0.4) is 0 Å². The fourth-order valence-electron chi connectivity index (χ4n) is 2.17. The third-order valence-electron chi connectivity index (χ3n) is 2.93. The van der Waals surface area contributed by atoms with Gasteiger partial charge in [-0.3, -0.25) is 0 Å². The Hall–Kier alpha value is -1.00. The van der Waals surface area contributed by atoms with Crippen LogP contribution >= 0.6 is 0 Å². The molecule has 0 amide bonds. The molecule has 4 heteroatoms. The molecule has 0 bridgehead atoms. The minimum atomic E-state index is -0.397. The average Bonchev–Trinajstić information content (AvgIpc) is 2.28. The largest absolute Gasteiger partial charge is 0.309 e. The SMILES string of the molecule is CC(C)CC(CN(C)C)NCc1cc(F)ccc1F. The predicted molar refractivity (Wildman–Crippen MR) is 75.0 cm³/mol. The van der Waals surface area contributed by atoms with Crippen LogP contribution in [0.2, 0.25) is 0 Å². The lowest BCUT2D eigenvalue weighted by molar-refractivity contribution is 0.304. The summed E-state index contributed by atoms with van der Waals surface area (Å²) in [5.74, 6) is -0.192. The Labute approximate surface area is 114 Å². The first kappa shape index (κ1) is 16.1. The smallest absolute Gasteiger partial charge is 0.127 e. The van der Waals surface area contributed by atoms with Crippen molar-refractivity contribution < 1.29 is 8.78 Å². The lowest BCUT2D eigenvalue weighted by atomic mass is 10.0. The standard InChI is InChI=1S/C15H24F2N2/c1-11(2)7-14(10-19(3)4)18-9-12-8-13(16)5-6-15(12)17/h5-6,8,11,14,18H,7,9-10H2,1-4H3. The molecule has 1 N–H and O–H groups in total. The minimum Gasteiger partial charge on any atom is -0.309 e. The molecule has 0 saturated carbocycles. The van der Waals surface area contributed by atoms with Crippen LogP contribution in [0.4, 0.5) is 8.78 Å². The summed E-state index contributed by atoms with van der Waals surface area (Å²) < 4.78 is 26.6. The van der Waals surface area contributed by atoms with E-state index in [2.05, 4.69) is 24.1 Å². The fraction of sp³-hybridized carbons (Fsp3) is 0.600. The Morgan fingerprint density at radius 2 is 1.89 bits per heavy atom. The van der Waals surface area contributed by atoms with Gasteiger partial charge >= 0.3 is 0 Å². The molecule has 2 nitrogen and oxygen atoms in total. The van der Waals surface area contributed by atoms with Crippen LogP contribution in [0.15, 0.2) is 18.2 Å². The van der Waals surface area contributed by atoms with Gasteiger partial charge in [-0.2, -0.15) is 0 Å². The van der Waals surface area contributed by atoms with Gasteiger partial charge in [0.05, 0.1) is 0 Å². The van der Waals surface area contributed by atoms with Gasteiger partial charge in [-0.15, -0.1) is 0 Å². The van der Waals surface area contributed by atoms with E-state index in [0.717, 1.165) is 19.0 Å². The molecule has 1 rings (SSSR count). The van der Waals surface area contributed by atoms with Crippen molar-refractivity contribution in [3.05, 3.63) is 35.4 Å². The molecule has 1 atom stereocenters. The molecule has 1 aromatic carbocycles. The Morgan fingerprint density at radius 3 is 2.47 bits per heavy atom. The molecule has 0 aromatic heterocycles. The Morgan fingerprint density at radius 1 is 1.21 bits per heavy atom. The second-order valence-electron chi connectivity index (χ2n) is 5.71. The molecular weight excluding hydrogens is 246 g/mol. The summed E-state index contributed by atoms with van der Waals surface area (Å²) in [4.78, 5) is 2.10. The molecule has 0 fully saturated rings. The van der Waals surface area contributed by atoms with Crippen LogP contribution in [0, 0.1) is 17.6 Å². The van der Waals surface area contributed by atoms with Gasteiger partial charge in [0.25, 0.3) is 0 Å². The third-order valence-corrected chi connectivity index (χ3v) is 2.93. The molecule has 0 aliphatic carbocycles. The first-order valence-electron chi connectivity index (χ1n) is 6.70. The number of nitrogens with one attached hydrogen (secondary N) is 1. The topological polar surface area (TPSA) is 15.3 Å². The first-order chi connectivity index (χ1) is 8.88. The van der Waals surface area contributed by atoms with Crippen molar-refractivity contribution in [1.29, 1.82) is 0 Å². The van der Waals surface area contributed by atoms with Crippen molar-refractivity contribution in [2.75, 3.05) is 20.6 Å². The molecule has 108 valence electrons. The summed E-state index contributed by atoms with van der Waals surface area (Å²) in [6.07, 6.45) is 1.01. The zero-order valence-electron chi connectivity index (χ0n) is 12.2. The Kier molecular flexibility index (Phi) is 6.38. The molecule has 1 aromatic rings. The Bertz CT molecular complexity index is 382. The van der Waals surface area contributed by atoms with E-state index in [1.165, 1.54) is 12.1 Å². The number of rotatable bonds is 7. The number of hydrogen-bond donors (Lipinski definition) is 1. The maximum absolute atomic E-state index is 13.5. The van der Waals surface area contributed by atoms with Crippen molar-refractivity contribution in [2.24, 2.45) is 5.92 Å². The van der Waals surface area contributed by atoms with Gasteiger partial charge in [0.15, 0.2) is 0 Å². The van der Waals surface area contributed by atoms with Crippen LogP contribution in [0.5, 0.6) is 0 Å². The maximum Gasteiger partial charge on any atom is 0.127 e. The highest BCUT2D eigenvalue weighted by molar-refractivity contribution is 5.18. The van der Waals surface area contributed by atoms with E-state index < -0.39 is 5.82 Å². The van der Waals surface area contributed by atoms with E-state index in [-0.39, 0.29) is 11.9 Å². The summed E-state index contributed by atoms with van der Waals surface area (Å²) in [6.45, 7) is 5.56. The summed E-state index contributed by atoms with van der Waals surface area (Å²) in [5.41, 5.74) is 0.382. The van der Waals surface area contributed by atoms with Gasteiger partial charge in [0.1, 0.15) is 11.6 Å². The predicted octanol–water partition coefficient (Wildman–Crippen LogP) is 3.03. The van der Waals surface area contributed by atoms with Crippen LogP contribution in [0.25, 0.3) is 0 Å². The quantitative estimate of drug-likeness (QED) is 0.819. The lowest BCUT2D eigenvalue weighted by Crippen LogP contribution is -2.39. The van der Waals surface area contributed by atoms with Crippen molar-refractivity contribution in [1.82, 2.24) is 10.2 Å². The molecule has 0 aliphatic heterocycles. The van der Waals surface area contributed by atoms with Crippen molar-refractivity contribution in [3.8, 4) is 0 Å². The van der Waals surface area contributed by atoms with Gasteiger partial charge in [0, 0.05) is 24.7 Å². The zero-order valence-corrected chi connectivity index (χ0v) is 12.2. The molecule has 0 heterocycles. The summed E-state index contributed by atoms with van der Waals surface area (Å²) in [5, 5.41) is 3.32. The number of benzene rings is 1. The summed E-state index contributed by atoms with van der Waals surface area (Å²) in [6, 6.07) is 3.85. The van der Waals surface area contributed by atoms with E-state index in [1.807, 2.05) is 14.1 Å². The summed E-state index contributed by atoms with van der Waals surface area (Å²) >= 11 is 0. The normalized spacial score (nSPS) is 13.3. The van der Waals surface area contributed by atoms with E-state index in [9.17, 15) is 8.78 Å². The number of hydrogen-bond acceptors (Lipinski definition) is 2. The number of nitrogens with zero attached hydrogens (tertiary/aromatic N) is 1. The van der Waals surface area contributed by atoms with E-state index >= 15 is 0 Å². The second kappa shape index (κ2) is 7.56. The van der Waals surface area contributed by atoms with Crippen molar-refractivity contribution >= 4 is 0 Å². The van der Waals surface area contributed by atoms with Crippen LogP contribution < -0.4 is 5.32 Å².